The molecule has 0 aromatic carbocycles. The van der Waals surface area contributed by atoms with Gasteiger partial charge in [-0.2, -0.15) is 0 Å². The molecule has 0 saturated carbocycles. The molecule has 0 spiro atoms. The molecule has 0 bridgehead atoms. The highest BCUT2D eigenvalue weighted by molar-refractivity contribution is 5.80. The van der Waals surface area contributed by atoms with Crippen LogP contribution in [0.2, 0.25) is 0 Å². The van der Waals surface area contributed by atoms with Crippen LogP contribution in [0.4, 0.5) is 4.79 Å². The van der Waals surface area contributed by atoms with E-state index in [0.29, 0.717) is 0 Å². The first-order valence-corrected chi connectivity index (χ1v) is 4.47. The van der Waals surface area contributed by atoms with Gasteiger partial charge in [0, 0.05) is 13.6 Å². The summed E-state index contributed by atoms with van der Waals surface area (Å²) >= 11 is 0. The molecular formula is C8H14N2O5. The molecule has 1 rings (SSSR count). The SMILES string of the molecule is CON(C)C(=O)C1CN(C(=O)O)CCO1. The summed E-state index contributed by atoms with van der Waals surface area (Å²) in [6.07, 6.45) is -1.82. The molecule has 1 N–H and O–H groups in total. The Kier molecular flexibility index (Phi) is 3.87. The number of morpholine rings is 1. The standard InChI is InChI=1S/C8H14N2O5/c1-9(14-2)7(11)6-5-10(8(12)13)3-4-15-6/h6H,3-5H2,1-2H3,(H,12,13). The number of rotatable bonds is 2. The molecule has 1 fully saturated rings. The molecule has 86 valence electrons. The van der Waals surface area contributed by atoms with Gasteiger partial charge in [-0.05, 0) is 0 Å². The summed E-state index contributed by atoms with van der Waals surface area (Å²) in [4.78, 5) is 28.1. The maximum absolute atomic E-state index is 11.6. The predicted molar refractivity (Wildman–Crippen MR) is 49.1 cm³/mol. The molecule has 1 heterocycles. The van der Waals surface area contributed by atoms with Gasteiger partial charge in [-0.1, -0.05) is 0 Å². The molecule has 7 nitrogen and oxygen atoms in total. The molecule has 1 aliphatic rings. The number of hydroxylamine groups is 2. The Morgan fingerprint density at radius 2 is 2.27 bits per heavy atom. The van der Waals surface area contributed by atoms with Crippen molar-refractivity contribution in [3.05, 3.63) is 0 Å². The molecule has 7 heteroatoms. The van der Waals surface area contributed by atoms with Crippen molar-refractivity contribution in [2.45, 2.75) is 6.10 Å². The van der Waals surface area contributed by atoms with Crippen LogP contribution in [0, 0.1) is 0 Å². The van der Waals surface area contributed by atoms with Crippen LogP contribution in [-0.2, 0) is 14.4 Å². The van der Waals surface area contributed by atoms with Crippen LogP contribution in [0.3, 0.4) is 0 Å². The molecule has 0 aromatic rings. The van der Waals surface area contributed by atoms with Crippen molar-refractivity contribution in [3.8, 4) is 0 Å². The van der Waals surface area contributed by atoms with Crippen LogP contribution in [0.5, 0.6) is 0 Å². The fourth-order valence-electron chi connectivity index (χ4n) is 1.27. The van der Waals surface area contributed by atoms with Crippen LogP contribution in [0.1, 0.15) is 0 Å². The molecular weight excluding hydrogens is 204 g/mol. The third kappa shape index (κ3) is 2.80. The lowest BCUT2D eigenvalue weighted by atomic mass is 10.2. The first kappa shape index (κ1) is 11.7. The fourth-order valence-corrected chi connectivity index (χ4v) is 1.27. The number of nitrogens with zero attached hydrogens (tertiary/aromatic N) is 2. The number of likely N-dealkylation sites (N-methyl/N-ethyl adjacent to an activating group) is 1. The summed E-state index contributed by atoms with van der Waals surface area (Å²) in [7, 11) is 2.81. The number of carbonyl (C=O) groups excluding carboxylic acids is 1. The van der Waals surface area contributed by atoms with Crippen molar-refractivity contribution in [2.75, 3.05) is 33.9 Å². The molecule has 0 aliphatic carbocycles. The average Bonchev–Trinajstić information content (AvgIpc) is 2.27. The van der Waals surface area contributed by atoms with Gasteiger partial charge >= 0.3 is 6.09 Å². The fraction of sp³-hybridized carbons (Fsp3) is 0.750. The first-order valence-electron chi connectivity index (χ1n) is 4.47. The van der Waals surface area contributed by atoms with E-state index in [1.54, 1.807) is 0 Å². The van der Waals surface area contributed by atoms with E-state index in [9.17, 15) is 9.59 Å². The molecule has 1 unspecified atom stereocenters. The maximum atomic E-state index is 11.6. The Bertz CT molecular complexity index is 257. The monoisotopic (exact) mass is 218 g/mol. The molecule has 2 amide bonds. The summed E-state index contributed by atoms with van der Waals surface area (Å²) < 4.78 is 5.17. The second-order valence-corrected chi connectivity index (χ2v) is 3.11. The molecule has 1 saturated heterocycles. The zero-order chi connectivity index (χ0) is 11.4. The molecule has 1 aliphatic heterocycles. The number of ether oxygens (including phenoxy) is 1. The largest absolute Gasteiger partial charge is 0.465 e. The lowest BCUT2D eigenvalue weighted by molar-refractivity contribution is -0.184. The number of amides is 2. The summed E-state index contributed by atoms with van der Waals surface area (Å²) in [5.74, 6) is -0.386. The van der Waals surface area contributed by atoms with Crippen molar-refractivity contribution in [3.63, 3.8) is 0 Å². The van der Waals surface area contributed by atoms with E-state index >= 15 is 0 Å². The van der Waals surface area contributed by atoms with E-state index in [1.807, 2.05) is 0 Å². The Labute approximate surface area is 87.1 Å². The van der Waals surface area contributed by atoms with E-state index in [4.69, 9.17) is 14.7 Å². The Morgan fingerprint density at radius 1 is 1.60 bits per heavy atom. The van der Waals surface area contributed by atoms with Crippen molar-refractivity contribution in [1.82, 2.24) is 9.96 Å². The van der Waals surface area contributed by atoms with Crippen molar-refractivity contribution >= 4 is 12.0 Å². The number of carboxylic acid groups (broad SMARTS) is 1. The Morgan fingerprint density at radius 3 is 2.80 bits per heavy atom. The van der Waals surface area contributed by atoms with Gasteiger partial charge in [-0.25, -0.2) is 9.86 Å². The van der Waals surface area contributed by atoms with Gasteiger partial charge < -0.3 is 14.7 Å². The maximum Gasteiger partial charge on any atom is 0.407 e. The minimum absolute atomic E-state index is 0.0435. The summed E-state index contributed by atoms with van der Waals surface area (Å²) in [5, 5.41) is 9.77. The summed E-state index contributed by atoms with van der Waals surface area (Å²) in [5.41, 5.74) is 0. The predicted octanol–water partition coefficient (Wildman–Crippen LogP) is -0.615. The normalized spacial score (nSPS) is 21.2. The lowest BCUT2D eigenvalue weighted by Gasteiger charge is -2.31. The lowest BCUT2D eigenvalue weighted by Crippen LogP contribution is -2.51. The second-order valence-electron chi connectivity index (χ2n) is 3.11. The van der Waals surface area contributed by atoms with Crippen molar-refractivity contribution in [1.29, 1.82) is 0 Å². The highest BCUT2D eigenvalue weighted by atomic mass is 16.7. The minimum Gasteiger partial charge on any atom is -0.465 e. The highest BCUT2D eigenvalue weighted by Crippen LogP contribution is 2.07. The molecule has 0 aromatic heterocycles. The van der Waals surface area contributed by atoms with Crippen LogP contribution >= 0.6 is 0 Å². The molecule has 15 heavy (non-hydrogen) atoms. The third-order valence-corrected chi connectivity index (χ3v) is 2.20. The minimum atomic E-state index is -1.05. The Balaban J connectivity index is 2.56. The van der Waals surface area contributed by atoms with E-state index < -0.39 is 12.2 Å². The van der Waals surface area contributed by atoms with Crippen LogP contribution < -0.4 is 0 Å². The quantitative estimate of drug-likeness (QED) is 0.625. The number of hydrogen-bond donors (Lipinski definition) is 1. The molecule has 0 radical (unpaired) electrons. The van der Waals surface area contributed by atoms with E-state index in [-0.39, 0.29) is 25.6 Å². The van der Waals surface area contributed by atoms with Gasteiger partial charge in [-0.15, -0.1) is 0 Å². The van der Waals surface area contributed by atoms with Gasteiger partial charge in [0.1, 0.15) is 0 Å². The van der Waals surface area contributed by atoms with Crippen molar-refractivity contribution in [2.24, 2.45) is 0 Å². The van der Waals surface area contributed by atoms with E-state index in [2.05, 4.69) is 0 Å². The van der Waals surface area contributed by atoms with Gasteiger partial charge in [-0.3, -0.25) is 9.63 Å². The first-order chi connectivity index (χ1) is 7.06. The van der Waals surface area contributed by atoms with E-state index in [0.717, 1.165) is 9.96 Å². The van der Waals surface area contributed by atoms with E-state index in [1.165, 1.54) is 14.2 Å². The summed E-state index contributed by atoms with van der Waals surface area (Å²) in [6, 6.07) is 0. The molecule has 1 atom stereocenters. The second kappa shape index (κ2) is 4.94. The number of carbonyl (C=O) groups is 2. The topological polar surface area (TPSA) is 79.3 Å². The van der Waals surface area contributed by atoms with Crippen LogP contribution in [0.15, 0.2) is 0 Å². The zero-order valence-corrected chi connectivity index (χ0v) is 8.67. The van der Waals surface area contributed by atoms with Crippen LogP contribution in [-0.4, -0.2) is 67.0 Å². The van der Waals surface area contributed by atoms with Crippen molar-refractivity contribution < 1.29 is 24.3 Å². The van der Waals surface area contributed by atoms with Gasteiger partial charge in [0.15, 0.2) is 6.10 Å². The van der Waals surface area contributed by atoms with Gasteiger partial charge in [0.05, 0.1) is 20.3 Å². The summed E-state index contributed by atoms with van der Waals surface area (Å²) in [6.45, 7) is 0.554. The van der Waals surface area contributed by atoms with Gasteiger partial charge in [0.2, 0.25) is 0 Å². The Hall–Kier alpha value is -1.34. The number of hydrogen-bond acceptors (Lipinski definition) is 4. The smallest absolute Gasteiger partial charge is 0.407 e. The zero-order valence-electron chi connectivity index (χ0n) is 8.67. The highest BCUT2D eigenvalue weighted by Gasteiger charge is 2.31. The third-order valence-electron chi connectivity index (χ3n) is 2.20. The van der Waals surface area contributed by atoms with Crippen LogP contribution in [0.25, 0.3) is 0 Å². The average molecular weight is 218 g/mol. The van der Waals surface area contributed by atoms with Gasteiger partial charge in [0.25, 0.3) is 5.91 Å².